The molecule has 0 atom stereocenters. The Morgan fingerprint density at radius 3 is 2.40 bits per heavy atom. The standard InChI is InChI=1S/C16H21N3O3S3/c1-4-15-17-10-13(24-15)16(20)18-5-7-19(8-6-18)25(21,22)14-9-11(2)23-12(14)3/h9-10H,4-8H2,1-3H3. The number of carbonyl (C=O) groups excluding carboxylic acids is 1. The van der Waals surface area contributed by atoms with Crippen LogP contribution >= 0.6 is 22.7 Å². The first kappa shape index (κ1) is 18.5. The fourth-order valence-corrected chi connectivity index (χ4v) is 6.63. The van der Waals surface area contributed by atoms with Gasteiger partial charge in [-0.05, 0) is 26.3 Å². The largest absolute Gasteiger partial charge is 0.335 e. The van der Waals surface area contributed by atoms with Gasteiger partial charge in [-0.1, -0.05) is 6.92 Å². The zero-order valence-electron chi connectivity index (χ0n) is 14.5. The van der Waals surface area contributed by atoms with Crippen molar-refractivity contribution < 1.29 is 13.2 Å². The van der Waals surface area contributed by atoms with Gasteiger partial charge in [0.25, 0.3) is 5.91 Å². The summed E-state index contributed by atoms with van der Waals surface area (Å²) in [7, 11) is -3.49. The predicted molar refractivity (Wildman–Crippen MR) is 99.9 cm³/mol. The van der Waals surface area contributed by atoms with Gasteiger partial charge in [0.2, 0.25) is 10.0 Å². The molecular weight excluding hydrogens is 378 g/mol. The Morgan fingerprint density at radius 2 is 1.88 bits per heavy atom. The van der Waals surface area contributed by atoms with Crippen molar-refractivity contribution in [3.05, 3.63) is 31.9 Å². The van der Waals surface area contributed by atoms with Crippen molar-refractivity contribution in [3.63, 3.8) is 0 Å². The van der Waals surface area contributed by atoms with E-state index in [1.165, 1.54) is 27.0 Å². The summed E-state index contributed by atoms with van der Waals surface area (Å²) >= 11 is 2.90. The maximum atomic E-state index is 12.8. The Morgan fingerprint density at radius 1 is 1.20 bits per heavy atom. The summed E-state index contributed by atoms with van der Waals surface area (Å²) in [6.45, 7) is 7.19. The topological polar surface area (TPSA) is 70.6 Å². The third-order valence-electron chi connectivity index (χ3n) is 4.21. The maximum absolute atomic E-state index is 12.8. The molecule has 1 saturated heterocycles. The van der Waals surface area contributed by atoms with Crippen LogP contribution in [0.3, 0.4) is 0 Å². The van der Waals surface area contributed by atoms with Crippen LogP contribution in [-0.2, 0) is 16.4 Å². The van der Waals surface area contributed by atoms with Crippen LogP contribution in [0, 0.1) is 13.8 Å². The van der Waals surface area contributed by atoms with E-state index in [-0.39, 0.29) is 5.91 Å². The van der Waals surface area contributed by atoms with Gasteiger partial charge in [0.05, 0.1) is 16.1 Å². The van der Waals surface area contributed by atoms with Crippen LogP contribution in [-0.4, -0.2) is 54.7 Å². The quantitative estimate of drug-likeness (QED) is 0.792. The van der Waals surface area contributed by atoms with E-state index in [1.807, 2.05) is 20.8 Å². The molecule has 0 N–H and O–H groups in total. The molecule has 0 spiro atoms. The normalized spacial score (nSPS) is 16.4. The number of aryl methyl sites for hydroxylation is 3. The lowest BCUT2D eigenvalue weighted by molar-refractivity contribution is 0.0702. The molecule has 0 aromatic carbocycles. The second-order valence-electron chi connectivity index (χ2n) is 5.95. The third kappa shape index (κ3) is 3.64. The summed E-state index contributed by atoms with van der Waals surface area (Å²) in [5.41, 5.74) is 0. The maximum Gasteiger partial charge on any atom is 0.265 e. The highest BCUT2D eigenvalue weighted by Crippen LogP contribution is 2.28. The first-order valence-electron chi connectivity index (χ1n) is 8.14. The highest BCUT2D eigenvalue weighted by molar-refractivity contribution is 7.89. The summed E-state index contributed by atoms with van der Waals surface area (Å²) in [5, 5.41) is 0.938. The number of thiophene rings is 1. The van der Waals surface area contributed by atoms with Crippen molar-refractivity contribution in [3.8, 4) is 0 Å². The second-order valence-corrected chi connectivity index (χ2v) is 10.4. The minimum atomic E-state index is -3.49. The predicted octanol–water partition coefficient (Wildman–Crippen LogP) is 2.53. The molecule has 1 fully saturated rings. The van der Waals surface area contributed by atoms with Gasteiger partial charge in [0.15, 0.2) is 0 Å². The smallest absolute Gasteiger partial charge is 0.265 e. The van der Waals surface area contributed by atoms with E-state index in [0.29, 0.717) is 36.0 Å². The Bertz CT molecular complexity index is 878. The number of rotatable bonds is 4. The van der Waals surface area contributed by atoms with Crippen LogP contribution < -0.4 is 0 Å². The van der Waals surface area contributed by atoms with Gasteiger partial charge in [0.1, 0.15) is 4.88 Å². The van der Waals surface area contributed by atoms with Crippen molar-refractivity contribution >= 4 is 38.6 Å². The van der Waals surface area contributed by atoms with Crippen molar-refractivity contribution in [2.24, 2.45) is 0 Å². The molecule has 0 radical (unpaired) electrons. The number of sulfonamides is 1. The average Bonchev–Trinajstić information content (AvgIpc) is 3.20. The molecule has 0 bridgehead atoms. The Hall–Kier alpha value is -1.29. The van der Waals surface area contributed by atoms with Gasteiger partial charge in [-0.3, -0.25) is 4.79 Å². The van der Waals surface area contributed by atoms with Gasteiger partial charge < -0.3 is 4.90 Å². The third-order valence-corrected chi connectivity index (χ3v) is 8.46. The average molecular weight is 400 g/mol. The zero-order valence-corrected chi connectivity index (χ0v) is 16.9. The van der Waals surface area contributed by atoms with Crippen LogP contribution in [0.2, 0.25) is 0 Å². The zero-order chi connectivity index (χ0) is 18.2. The minimum absolute atomic E-state index is 0.0585. The van der Waals surface area contributed by atoms with Crippen LogP contribution in [0.4, 0.5) is 0 Å². The lowest BCUT2D eigenvalue weighted by Crippen LogP contribution is -2.50. The number of hydrogen-bond donors (Lipinski definition) is 0. The van der Waals surface area contributed by atoms with Crippen molar-refractivity contribution in [1.29, 1.82) is 0 Å². The molecule has 2 aromatic heterocycles. The SMILES string of the molecule is CCc1ncc(C(=O)N2CCN(S(=O)(=O)c3cc(C)sc3C)CC2)s1. The number of thiazole rings is 1. The van der Waals surface area contributed by atoms with E-state index in [2.05, 4.69) is 4.98 Å². The van der Waals surface area contributed by atoms with E-state index in [0.717, 1.165) is 21.2 Å². The molecule has 1 amide bonds. The molecule has 0 unspecified atom stereocenters. The molecule has 6 nitrogen and oxygen atoms in total. The summed E-state index contributed by atoms with van der Waals surface area (Å²) < 4.78 is 27.1. The van der Waals surface area contributed by atoms with Gasteiger partial charge in [0, 0.05) is 35.9 Å². The highest BCUT2D eigenvalue weighted by atomic mass is 32.2. The Kier molecular flexibility index (Phi) is 5.29. The number of nitrogens with zero attached hydrogens (tertiary/aromatic N) is 3. The number of aromatic nitrogens is 1. The van der Waals surface area contributed by atoms with Gasteiger partial charge in [-0.15, -0.1) is 22.7 Å². The molecule has 3 rings (SSSR count). The fraction of sp³-hybridized carbons (Fsp3) is 0.500. The molecule has 2 aromatic rings. The molecule has 0 aliphatic carbocycles. The van der Waals surface area contributed by atoms with E-state index in [9.17, 15) is 13.2 Å². The van der Waals surface area contributed by atoms with Crippen molar-refractivity contribution in [1.82, 2.24) is 14.2 Å². The molecule has 25 heavy (non-hydrogen) atoms. The molecular formula is C16H21N3O3S3. The fourth-order valence-electron chi connectivity index (χ4n) is 2.86. The summed E-state index contributed by atoms with van der Waals surface area (Å²) in [6.07, 6.45) is 2.43. The summed E-state index contributed by atoms with van der Waals surface area (Å²) in [5.74, 6) is -0.0585. The lowest BCUT2D eigenvalue weighted by Gasteiger charge is -2.33. The van der Waals surface area contributed by atoms with E-state index >= 15 is 0 Å². The lowest BCUT2D eigenvalue weighted by atomic mass is 10.3. The molecule has 136 valence electrons. The van der Waals surface area contributed by atoms with Gasteiger partial charge in [-0.2, -0.15) is 4.31 Å². The van der Waals surface area contributed by atoms with E-state index in [4.69, 9.17) is 0 Å². The second kappa shape index (κ2) is 7.14. The van der Waals surface area contributed by atoms with Crippen LogP contribution in [0.25, 0.3) is 0 Å². The summed E-state index contributed by atoms with van der Waals surface area (Å²) in [4.78, 5) is 21.3. The van der Waals surface area contributed by atoms with Crippen LogP contribution in [0.1, 0.15) is 31.4 Å². The minimum Gasteiger partial charge on any atom is -0.335 e. The Balaban J connectivity index is 1.69. The molecule has 9 heteroatoms. The summed E-state index contributed by atoms with van der Waals surface area (Å²) in [6, 6.07) is 1.73. The van der Waals surface area contributed by atoms with Gasteiger partial charge >= 0.3 is 0 Å². The molecule has 1 aliphatic rings. The molecule has 1 aliphatic heterocycles. The van der Waals surface area contributed by atoms with E-state index in [1.54, 1.807) is 17.2 Å². The molecule has 0 saturated carbocycles. The van der Waals surface area contributed by atoms with Crippen LogP contribution in [0.5, 0.6) is 0 Å². The Labute approximate surface area is 156 Å². The monoisotopic (exact) mass is 399 g/mol. The van der Waals surface area contributed by atoms with Crippen molar-refractivity contribution in [2.75, 3.05) is 26.2 Å². The number of amides is 1. The highest BCUT2D eigenvalue weighted by Gasteiger charge is 2.32. The van der Waals surface area contributed by atoms with Gasteiger partial charge in [-0.25, -0.2) is 13.4 Å². The number of hydrogen-bond acceptors (Lipinski definition) is 6. The number of piperazine rings is 1. The number of carbonyl (C=O) groups is 1. The van der Waals surface area contributed by atoms with Crippen molar-refractivity contribution in [2.45, 2.75) is 32.1 Å². The first-order chi connectivity index (χ1) is 11.8. The molecule has 3 heterocycles. The van der Waals surface area contributed by atoms with Crippen LogP contribution in [0.15, 0.2) is 17.2 Å². The first-order valence-corrected chi connectivity index (χ1v) is 11.2. The van der Waals surface area contributed by atoms with E-state index < -0.39 is 10.0 Å².